The van der Waals surface area contributed by atoms with Crippen LogP contribution in [-0.2, 0) is 28.6 Å². The number of carbonyl (C=O) groups excluding carboxylic acids is 1. The second-order valence-corrected chi connectivity index (χ2v) is 6.04. The van der Waals surface area contributed by atoms with Gasteiger partial charge in [-0.3, -0.25) is 4.79 Å². The summed E-state index contributed by atoms with van der Waals surface area (Å²) in [5.41, 5.74) is 0. The highest BCUT2D eigenvalue weighted by Crippen LogP contribution is 2.11. The first kappa shape index (κ1) is 23.6. The molecule has 0 rings (SSSR count). The Balaban J connectivity index is 0. The van der Waals surface area contributed by atoms with E-state index in [9.17, 15) is 13.2 Å². The molecule has 0 radical (unpaired) electrons. The molecule has 0 aliphatic carbocycles. The van der Waals surface area contributed by atoms with Gasteiger partial charge in [0.05, 0.1) is 6.61 Å². The first-order valence-corrected chi connectivity index (χ1v) is 9.13. The van der Waals surface area contributed by atoms with Gasteiger partial charge in [0, 0.05) is 6.42 Å². The van der Waals surface area contributed by atoms with Crippen LogP contribution in [-0.4, -0.2) is 21.0 Å². The minimum atomic E-state index is -4.37. The van der Waals surface area contributed by atoms with E-state index in [2.05, 4.69) is 20.3 Å². The third-order valence-electron chi connectivity index (χ3n) is 2.93. The predicted octanol–water partition coefficient (Wildman–Crippen LogP) is 3.83. The minimum absolute atomic E-state index is 0. The lowest BCUT2D eigenvalue weighted by Crippen LogP contribution is -2.15. The van der Waals surface area contributed by atoms with Crippen molar-refractivity contribution in [1.29, 1.82) is 0 Å². The Bertz CT molecular complexity index is 358. The number of unbranched alkanes of at least 4 members (excludes halogenated alkanes) is 8. The molecule has 0 aromatic heterocycles. The van der Waals surface area contributed by atoms with Crippen molar-refractivity contribution >= 4 is 16.4 Å². The van der Waals surface area contributed by atoms with Gasteiger partial charge in [-0.2, -0.15) is 8.42 Å². The fraction of sp³-hybridized carbons (Fsp3) is 0.929. The van der Waals surface area contributed by atoms with Gasteiger partial charge in [-0.15, -0.1) is 0 Å². The fourth-order valence-electron chi connectivity index (χ4n) is 1.86. The predicted molar refractivity (Wildman–Crippen MR) is 84.6 cm³/mol. The third-order valence-corrected chi connectivity index (χ3v) is 3.58. The molecule has 0 aliphatic rings. The maximum absolute atomic E-state index is 11.3. The average Bonchev–Trinajstić information content (AvgIpc) is 2.43. The highest BCUT2D eigenvalue weighted by Gasteiger charge is 2.18. The highest BCUT2D eigenvalue weighted by atomic mass is 32.3. The summed E-state index contributed by atoms with van der Waals surface area (Å²) < 4.78 is 30.3. The molecule has 0 amide bonds. The van der Waals surface area contributed by atoms with Crippen molar-refractivity contribution in [2.75, 3.05) is 6.61 Å². The molecule has 22 heavy (non-hydrogen) atoms. The highest BCUT2D eigenvalue weighted by molar-refractivity contribution is 7.82. The molecule has 0 atom stereocenters. The van der Waals surface area contributed by atoms with Crippen LogP contribution in [0.25, 0.3) is 0 Å². The van der Waals surface area contributed by atoms with E-state index in [0.29, 0.717) is 6.42 Å². The van der Waals surface area contributed by atoms with E-state index >= 15 is 0 Å². The molecule has 7 nitrogen and oxygen atoms in total. The van der Waals surface area contributed by atoms with Crippen molar-refractivity contribution in [3.8, 4) is 0 Å². The summed E-state index contributed by atoms with van der Waals surface area (Å²) in [6.07, 6.45) is 10.1. The molecule has 8 heteroatoms. The lowest BCUT2D eigenvalue weighted by atomic mass is 10.1. The molecule has 0 aromatic rings. The van der Waals surface area contributed by atoms with E-state index < -0.39 is 16.4 Å². The van der Waals surface area contributed by atoms with Crippen LogP contribution in [0.5, 0.6) is 0 Å². The van der Waals surface area contributed by atoms with Crippen LogP contribution >= 0.6 is 0 Å². The van der Waals surface area contributed by atoms with Crippen molar-refractivity contribution < 1.29 is 26.6 Å². The maximum Gasteiger partial charge on any atom is 0.479 e. The van der Waals surface area contributed by atoms with E-state index in [-0.39, 0.29) is 19.2 Å². The first-order chi connectivity index (χ1) is 10.0. The van der Waals surface area contributed by atoms with Crippen molar-refractivity contribution in [2.24, 2.45) is 0 Å². The molecule has 0 spiro atoms. The molecular formula is C14H31NO6S. The number of hydrogen-bond donors (Lipinski definition) is 1. The Morgan fingerprint density at radius 2 is 1.36 bits per heavy atom. The van der Waals surface area contributed by atoms with Crippen LogP contribution in [0, 0.1) is 0 Å². The Labute approximate surface area is 134 Å². The lowest BCUT2D eigenvalue weighted by molar-refractivity contribution is -0.205. The number of carbonyl (C=O) groups is 1. The smallest absolute Gasteiger partial charge is 0.344 e. The van der Waals surface area contributed by atoms with Crippen LogP contribution in [0.2, 0.25) is 0 Å². The van der Waals surface area contributed by atoms with Crippen molar-refractivity contribution in [1.82, 2.24) is 6.15 Å². The molecule has 0 aliphatic heterocycles. The van der Waals surface area contributed by atoms with Crippen molar-refractivity contribution in [3.05, 3.63) is 0 Å². The van der Waals surface area contributed by atoms with Gasteiger partial charge in [0.15, 0.2) is 0 Å². The molecule has 3 N–H and O–H groups in total. The Kier molecular flexibility index (Phi) is 16.3. The van der Waals surface area contributed by atoms with Gasteiger partial charge in [-0.25, -0.2) is 4.89 Å². The van der Waals surface area contributed by atoms with Gasteiger partial charge < -0.3 is 10.3 Å². The third kappa shape index (κ3) is 15.7. The molecule has 0 heterocycles. The summed E-state index contributed by atoms with van der Waals surface area (Å²) in [6.45, 7) is 3.80. The van der Waals surface area contributed by atoms with Crippen molar-refractivity contribution in [2.45, 2.75) is 78.1 Å². The number of hydrogen-bond acceptors (Lipinski definition) is 7. The molecule has 0 bridgehead atoms. The van der Waals surface area contributed by atoms with Crippen LogP contribution in [0.15, 0.2) is 0 Å². The van der Waals surface area contributed by atoms with Crippen molar-refractivity contribution in [3.63, 3.8) is 0 Å². The second-order valence-electron chi connectivity index (χ2n) is 4.92. The summed E-state index contributed by atoms with van der Waals surface area (Å²) in [7, 11) is -4.37. The zero-order chi connectivity index (χ0) is 16.0. The Hall–Kier alpha value is -0.700. The summed E-state index contributed by atoms with van der Waals surface area (Å²) in [5.74, 6) is -0.808. The fourth-order valence-corrected chi connectivity index (χ4v) is 2.41. The van der Waals surface area contributed by atoms with Crippen LogP contribution in [0.3, 0.4) is 0 Å². The maximum atomic E-state index is 11.3. The average molecular weight is 341 g/mol. The normalized spacial score (nSPS) is 11.0. The van der Waals surface area contributed by atoms with Gasteiger partial charge >= 0.3 is 16.4 Å². The minimum Gasteiger partial charge on any atom is -0.344 e. The lowest BCUT2D eigenvalue weighted by Gasteiger charge is -2.04. The second kappa shape index (κ2) is 15.2. The van der Waals surface area contributed by atoms with Gasteiger partial charge in [0.25, 0.3) is 0 Å². The quantitative estimate of drug-likeness (QED) is 0.290. The van der Waals surface area contributed by atoms with Gasteiger partial charge in [-0.05, 0) is 13.3 Å². The molecule has 0 aromatic carbocycles. The zero-order valence-corrected chi connectivity index (χ0v) is 14.7. The SMILES string of the molecule is CCCCCCCCCCCC(=O)OS(=O)(=O)OOCC.N. The molecule has 0 fully saturated rings. The molecular weight excluding hydrogens is 310 g/mol. The summed E-state index contributed by atoms with van der Waals surface area (Å²) in [4.78, 5) is 15.5. The van der Waals surface area contributed by atoms with E-state index in [0.717, 1.165) is 19.3 Å². The van der Waals surface area contributed by atoms with E-state index in [1.807, 2.05) is 0 Å². The standard InChI is InChI=1S/C14H28O6S.H3N/c1-3-5-6-7-8-9-10-11-12-13-14(15)19-21(16,17)20-18-4-2;/h3-13H2,1-2H3;1H3. The van der Waals surface area contributed by atoms with Crippen LogP contribution in [0.4, 0.5) is 0 Å². The van der Waals surface area contributed by atoms with Gasteiger partial charge in [0.1, 0.15) is 0 Å². The molecule has 134 valence electrons. The summed E-state index contributed by atoms with van der Waals surface area (Å²) in [5, 5.41) is 0. The largest absolute Gasteiger partial charge is 0.479 e. The molecule has 0 unspecified atom stereocenters. The van der Waals surface area contributed by atoms with Crippen LogP contribution in [0.1, 0.15) is 78.1 Å². The molecule has 0 saturated heterocycles. The number of rotatable bonds is 14. The molecule has 0 saturated carbocycles. The van der Waals surface area contributed by atoms with Gasteiger partial charge in [-0.1, -0.05) is 62.6 Å². The van der Waals surface area contributed by atoms with E-state index in [1.165, 1.54) is 32.1 Å². The van der Waals surface area contributed by atoms with Gasteiger partial charge in [0.2, 0.25) is 0 Å². The zero-order valence-electron chi connectivity index (χ0n) is 13.8. The Morgan fingerprint density at radius 1 is 0.864 bits per heavy atom. The first-order valence-electron chi connectivity index (χ1n) is 7.80. The van der Waals surface area contributed by atoms with E-state index in [1.54, 1.807) is 6.92 Å². The van der Waals surface area contributed by atoms with E-state index in [4.69, 9.17) is 0 Å². The summed E-state index contributed by atoms with van der Waals surface area (Å²) >= 11 is 0. The topological polar surface area (TPSA) is 114 Å². The Morgan fingerprint density at radius 3 is 1.86 bits per heavy atom. The summed E-state index contributed by atoms with van der Waals surface area (Å²) in [6, 6.07) is 0. The monoisotopic (exact) mass is 341 g/mol. The van der Waals surface area contributed by atoms with Crippen LogP contribution < -0.4 is 6.15 Å².